The summed E-state index contributed by atoms with van der Waals surface area (Å²) in [7, 11) is 1.55. The maximum Gasteiger partial charge on any atom is 0.303 e. The highest BCUT2D eigenvalue weighted by atomic mass is 16.8. The average Bonchev–Trinajstić information content (AvgIpc) is 3.14. The summed E-state index contributed by atoms with van der Waals surface area (Å²) in [5.74, 6) is -2.09. The number of carbonyl (C=O) groups is 2. The minimum atomic E-state index is -1.14. The summed E-state index contributed by atoms with van der Waals surface area (Å²) in [5.41, 5.74) is 0. The maximum atomic E-state index is 12.1. The van der Waals surface area contributed by atoms with Crippen molar-refractivity contribution in [3.8, 4) is 0 Å². The molecule has 35 heavy (non-hydrogen) atoms. The summed E-state index contributed by atoms with van der Waals surface area (Å²) >= 11 is 0. The van der Waals surface area contributed by atoms with Gasteiger partial charge < -0.3 is 38.3 Å². The summed E-state index contributed by atoms with van der Waals surface area (Å²) in [6.07, 6.45) is 0.593. The van der Waals surface area contributed by atoms with E-state index >= 15 is 0 Å². The van der Waals surface area contributed by atoms with Crippen LogP contribution in [0.3, 0.4) is 0 Å². The summed E-state index contributed by atoms with van der Waals surface area (Å²) in [6, 6.07) is 0. The Bertz CT molecular complexity index is 729. The van der Waals surface area contributed by atoms with Gasteiger partial charge in [0.15, 0.2) is 18.0 Å². The Morgan fingerprint density at radius 1 is 1.20 bits per heavy atom. The lowest BCUT2D eigenvalue weighted by atomic mass is 9.84. The fourth-order valence-electron chi connectivity index (χ4n) is 5.14. The molecule has 0 spiro atoms. The van der Waals surface area contributed by atoms with E-state index in [0.717, 1.165) is 12.8 Å². The molecule has 0 aromatic carbocycles. The minimum Gasteiger partial charge on any atom is -0.463 e. The molecule has 1 N–H and O–H groups in total. The zero-order valence-electron chi connectivity index (χ0n) is 21.2. The van der Waals surface area contributed by atoms with Crippen molar-refractivity contribution in [2.75, 3.05) is 20.3 Å². The lowest BCUT2D eigenvalue weighted by Gasteiger charge is -2.53. The van der Waals surface area contributed by atoms with Crippen molar-refractivity contribution >= 4 is 11.9 Å². The van der Waals surface area contributed by atoms with Crippen LogP contribution in [-0.2, 0) is 42.7 Å². The van der Waals surface area contributed by atoms with Gasteiger partial charge in [-0.1, -0.05) is 19.4 Å². The van der Waals surface area contributed by atoms with Crippen LogP contribution in [-0.4, -0.2) is 92.0 Å². The SMILES string of the molecule is C=CC[C@@H]1CCC2(OC)O[C@@H]3[C@@H](O[C@H](CC(O)COC(C)=O)[C@@H]3OCCCC)[C@H](OC(C)=O)[C@H]2O1. The number of carbonyl (C=O) groups excluding carboxylic acids is 2. The van der Waals surface area contributed by atoms with E-state index in [-0.39, 0.29) is 19.1 Å². The minimum absolute atomic E-state index is 0.113. The van der Waals surface area contributed by atoms with Crippen LogP contribution in [0.2, 0.25) is 0 Å². The molecule has 0 bridgehead atoms. The molecule has 3 aliphatic rings. The van der Waals surface area contributed by atoms with E-state index in [2.05, 4.69) is 13.5 Å². The number of ether oxygens (including phenoxy) is 7. The van der Waals surface area contributed by atoms with Crippen LogP contribution in [0.15, 0.2) is 12.7 Å². The van der Waals surface area contributed by atoms with Crippen molar-refractivity contribution in [3.05, 3.63) is 12.7 Å². The molecule has 3 heterocycles. The van der Waals surface area contributed by atoms with Crippen LogP contribution in [0.4, 0.5) is 0 Å². The van der Waals surface area contributed by atoms with Crippen LogP contribution in [0.1, 0.15) is 59.3 Å². The molecule has 2 unspecified atom stereocenters. The van der Waals surface area contributed by atoms with Crippen LogP contribution < -0.4 is 0 Å². The molecule has 10 nitrogen and oxygen atoms in total. The molecule has 3 saturated heterocycles. The molecule has 3 fully saturated rings. The van der Waals surface area contributed by atoms with E-state index < -0.39 is 60.5 Å². The second kappa shape index (κ2) is 12.6. The fourth-order valence-corrected chi connectivity index (χ4v) is 5.14. The number of aliphatic hydroxyl groups is 1. The van der Waals surface area contributed by atoms with Gasteiger partial charge in [-0.25, -0.2) is 0 Å². The van der Waals surface area contributed by atoms with Gasteiger partial charge in [0.1, 0.15) is 24.9 Å². The van der Waals surface area contributed by atoms with E-state index in [1.54, 1.807) is 13.2 Å². The number of rotatable bonds is 12. The molecule has 0 saturated carbocycles. The highest BCUT2D eigenvalue weighted by Gasteiger charge is 2.65. The predicted molar refractivity (Wildman–Crippen MR) is 123 cm³/mol. The lowest BCUT2D eigenvalue weighted by molar-refractivity contribution is -0.382. The third kappa shape index (κ3) is 6.61. The number of aliphatic hydroxyl groups excluding tert-OH is 1. The first-order valence-corrected chi connectivity index (χ1v) is 12.5. The molecule has 0 aromatic rings. The van der Waals surface area contributed by atoms with Crippen LogP contribution >= 0.6 is 0 Å². The summed E-state index contributed by atoms with van der Waals surface area (Å²) in [4.78, 5) is 23.3. The molecule has 0 aliphatic carbocycles. The summed E-state index contributed by atoms with van der Waals surface area (Å²) < 4.78 is 42.1. The van der Waals surface area contributed by atoms with E-state index in [0.29, 0.717) is 25.9 Å². The standard InChI is InChI=1S/C25H40O10/c1-6-8-12-30-20-19(13-17(28)14-31-15(3)26)34-21-22(20)35-25(29-5)11-10-18(9-7-2)33-24(25)23(21)32-16(4)27/h7,17-24,28H,2,6,8-14H2,1,3-5H3/t17?,18-,19-,20+,21-,22+,23+,24-,25?/m1/s1. The smallest absolute Gasteiger partial charge is 0.303 e. The van der Waals surface area contributed by atoms with Crippen molar-refractivity contribution in [3.63, 3.8) is 0 Å². The quantitative estimate of drug-likeness (QED) is 0.242. The molecule has 10 heteroatoms. The van der Waals surface area contributed by atoms with Gasteiger partial charge in [0.2, 0.25) is 0 Å². The van der Waals surface area contributed by atoms with Crippen molar-refractivity contribution in [1.82, 2.24) is 0 Å². The van der Waals surface area contributed by atoms with Crippen molar-refractivity contribution in [2.45, 2.75) is 114 Å². The number of unbranched alkanes of at least 4 members (excludes halogenated alkanes) is 1. The van der Waals surface area contributed by atoms with Crippen molar-refractivity contribution < 1.29 is 47.9 Å². The van der Waals surface area contributed by atoms with Crippen molar-refractivity contribution in [2.24, 2.45) is 0 Å². The lowest BCUT2D eigenvalue weighted by Crippen LogP contribution is -2.69. The molecular weight excluding hydrogens is 460 g/mol. The Balaban J connectivity index is 1.88. The van der Waals surface area contributed by atoms with Gasteiger partial charge in [-0.05, 0) is 19.3 Å². The van der Waals surface area contributed by atoms with Crippen molar-refractivity contribution in [1.29, 1.82) is 0 Å². The number of hydrogen-bond acceptors (Lipinski definition) is 10. The molecule has 200 valence electrons. The highest BCUT2D eigenvalue weighted by Crippen LogP contribution is 2.47. The molecule has 3 aliphatic heterocycles. The zero-order valence-corrected chi connectivity index (χ0v) is 21.2. The Morgan fingerprint density at radius 2 is 1.97 bits per heavy atom. The number of esters is 2. The van der Waals surface area contributed by atoms with Gasteiger partial charge >= 0.3 is 11.9 Å². The first-order valence-electron chi connectivity index (χ1n) is 12.5. The average molecular weight is 501 g/mol. The van der Waals surface area contributed by atoms with Gasteiger partial charge in [0.25, 0.3) is 0 Å². The summed E-state index contributed by atoms with van der Waals surface area (Å²) in [5, 5.41) is 10.5. The number of fused-ring (bicyclic) bond motifs is 2. The van der Waals surface area contributed by atoms with Gasteiger partial charge in [-0.3, -0.25) is 9.59 Å². The Morgan fingerprint density at radius 3 is 2.60 bits per heavy atom. The largest absolute Gasteiger partial charge is 0.463 e. The molecule has 9 atom stereocenters. The second-order valence-corrected chi connectivity index (χ2v) is 9.43. The zero-order chi connectivity index (χ0) is 25.6. The molecule has 0 radical (unpaired) electrons. The van der Waals surface area contributed by atoms with Gasteiger partial charge in [0, 0.05) is 40.4 Å². The molecular formula is C25H40O10. The fraction of sp³-hybridized carbons (Fsp3) is 0.840. The van der Waals surface area contributed by atoms with Crippen LogP contribution in [0.25, 0.3) is 0 Å². The number of methoxy groups -OCH3 is 1. The first kappa shape index (κ1) is 28.0. The molecule has 0 aromatic heterocycles. The molecule has 0 amide bonds. The van der Waals surface area contributed by atoms with Gasteiger partial charge in [-0.15, -0.1) is 6.58 Å². The van der Waals surface area contributed by atoms with E-state index in [1.165, 1.54) is 13.8 Å². The third-order valence-electron chi connectivity index (χ3n) is 6.76. The monoisotopic (exact) mass is 500 g/mol. The highest BCUT2D eigenvalue weighted by molar-refractivity contribution is 5.66. The number of hydrogen-bond donors (Lipinski definition) is 1. The summed E-state index contributed by atoms with van der Waals surface area (Å²) in [6.45, 7) is 8.82. The maximum absolute atomic E-state index is 12.1. The Kier molecular flexibility index (Phi) is 10.1. The van der Waals surface area contributed by atoms with Gasteiger partial charge in [0.05, 0.1) is 18.3 Å². The van der Waals surface area contributed by atoms with Crippen LogP contribution in [0, 0.1) is 0 Å². The first-order chi connectivity index (χ1) is 16.7. The van der Waals surface area contributed by atoms with Crippen LogP contribution in [0.5, 0.6) is 0 Å². The van der Waals surface area contributed by atoms with Gasteiger partial charge in [-0.2, -0.15) is 0 Å². The molecule has 3 rings (SSSR count). The predicted octanol–water partition coefficient (Wildman–Crippen LogP) is 2.05. The van der Waals surface area contributed by atoms with E-state index in [1.807, 2.05) is 0 Å². The van der Waals surface area contributed by atoms with E-state index in [9.17, 15) is 14.7 Å². The second-order valence-electron chi connectivity index (χ2n) is 9.43. The topological polar surface area (TPSA) is 119 Å². The third-order valence-corrected chi connectivity index (χ3v) is 6.76. The van der Waals surface area contributed by atoms with E-state index in [4.69, 9.17) is 33.2 Å². The Labute approximate surface area is 207 Å². The Hall–Kier alpha value is -1.56. The normalized spacial score (nSPS) is 37.1.